The highest BCUT2D eigenvalue weighted by atomic mass is 16.7. The Bertz CT molecular complexity index is 792. The molecule has 0 aromatic heterocycles. The summed E-state index contributed by atoms with van der Waals surface area (Å²) in [5, 5.41) is 21.6. The molecule has 9 nitrogen and oxygen atoms in total. The average molecular weight is 614 g/mol. The molecule has 43 heavy (non-hydrogen) atoms. The first-order valence-corrected chi connectivity index (χ1v) is 16.4. The van der Waals surface area contributed by atoms with E-state index in [1.807, 2.05) is 32.9 Å². The van der Waals surface area contributed by atoms with Gasteiger partial charge in [0, 0.05) is 43.8 Å². The molecule has 0 aromatic carbocycles. The summed E-state index contributed by atoms with van der Waals surface area (Å²) in [6, 6.07) is 0. The Balaban J connectivity index is 2.52. The van der Waals surface area contributed by atoms with Crippen molar-refractivity contribution in [2.45, 2.75) is 136 Å². The van der Waals surface area contributed by atoms with Crippen LogP contribution < -0.4 is 5.73 Å². The zero-order valence-electron chi connectivity index (χ0n) is 28.2. The number of amides is 1. The van der Waals surface area contributed by atoms with Gasteiger partial charge in [0.05, 0.1) is 24.4 Å². The van der Waals surface area contributed by atoms with Crippen molar-refractivity contribution in [1.29, 1.82) is 0 Å². The van der Waals surface area contributed by atoms with Crippen molar-refractivity contribution >= 4 is 6.09 Å². The predicted molar refractivity (Wildman–Crippen MR) is 170 cm³/mol. The minimum absolute atomic E-state index is 0.00602. The van der Waals surface area contributed by atoms with Crippen LogP contribution >= 0.6 is 0 Å². The van der Waals surface area contributed by atoms with E-state index in [2.05, 4.69) is 32.9 Å². The summed E-state index contributed by atoms with van der Waals surface area (Å²) >= 11 is 0. The molecule has 1 aliphatic rings. The first-order chi connectivity index (χ1) is 20.5. The summed E-state index contributed by atoms with van der Waals surface area (Å²) in [6.07, 6.45) is 13.5. The molecule has 252 valence electrons. The molecule has 0 saturated carbocycles. The van der Waals surface area contributed by atoms with Crippen molar-refractivity contribution in [1.82, 2.24) is 0 Å². The van der Waals surface area contributed by atoms with Crippen LogP contribution in [0.5, 0.6) is 0 Å². The lowest BCUT2D eigenvalue weighted by Gasteiger charge is -2.43. The highest BCUT2D eigenvalue weighted by Crippen LogP contribution is 2.34. The predicted octanol–water partition coefficient (Wildman–Crippen LogP) is 6.36. The quantitative estimate of drug-likeness (QED) is 0.0731. The summed E-state index contributed by atoms with van der Waals surface area (Å²) < 4.78 is 28.2. The van der Waals surface area contributed by atoms with Gasteiger partial charge in [-0.3, -0.25) is 0 Å². The number of carbonyl (C=O) groups is 1. The molecule has 1 aliphatic heterocycles. The SMILES string of the molecule is CCCCCC[C@H](OC(N)=O)[C@@H](C)[C@H](O)CC/C=C\[C@H](C)[C@@H](O)[C@@H](C)/C=C\CC[C@@H]1O[C@@H](OC)[C@H](C)[C@@H](OCOC)[C@@H]1C. The van der Waals surface area contributed by atoms with Crippen LogP contribution in [0.15, 0.2) is 24.3 Å². The van der Waals surface area contributed by atoms with Gasteiger partial charge in [0.15, 0.2) is 6.29 Å². The fourth-order valence-corrected chi connectivity index (χ4v) is 6.03. The Kier molecular flexibility index (Phi) is 20.3. The summed E-state index contributed by atoms with van der Waals surface area (Å²) in [5.41, 5.74) is 5.28. The van der Waals surface area contributed by atoms with Crippen LogP contribution in [0.25, 0.3) is 0 Å². The largest absolute Gasteiger partial charge is 0.446 e. The van der Waals surface area contributed by atoms with Gasteiger partial charge in [-0.2, -0.15) is 0 Å². The van der Waals surface area contributed by atoms with E-state index < -0.39 is 18.3 Å². The number of unbranched alkanes of at least 4 members (excludes halogenated alkanes) is 3. The zero-order valence-corrected chi connectivity index (χ0v) is 28.2. The highest BCUT2D eigenvalue weighted by molar-refractivity contribution is 5.64. The van der Waals surface area contributed by atoms with Crippen LogP contribution in [0, 0.1) is 29.6 Å². The van der Waals surface area contributed by atoms with Crippen LogP contribution in [0.4, 0.5) is 4.79 Å². The Hall–Kier alpha value is -1.49. The molecule has 1 rings (SSSR count). The Morgan fingerprint density at radius 3 is 2.19 bits per heavy atom. The fourth-order valence-electron chi connectivity index (χ4n) is 6.03. The van der Waals surface area contributed by atoms with Crippen molar-refractivity contribution in [3.8, 4) is 0 Å². The number of aliphatic hydroxyl groups excluding tert-OH is 2. The molecule has 4 N–H and O–H groups in total. The third kappa shape index (κ3) is 14.4. The molecule has 1 amide bonds. The van der Waals surface area contributed by atoms with Crippen molar-refractivity contribution in [3.05, 3.63) is 24.3 Å². The van der Waals surface area contributed by atoms with E-state index in [0.717, 1.165) is 38.5 Å². The smallest absolute Gasteiger partial charge is 0.404 e. The molecular weight excluding hydrogens is 550 g/mol. The van der Waals surface area contributed by atoms with Gasteiger partial charge >= 0.3 is 6.09 Å². The zero-order chi connectivity index (χ0) is 32.4. The van der Waals surface area contributed by atoms with Crippen LogP contribution in [0.3, 0.4) is 0 Å². The van der Waals surface area contributed by atoms with Gasteiger partial charge in [-0.1, -0.05) is 85.1 Å². The first-order valence-electron chi connectivity index (χ1n) is 16.4. The number of methoxy groups -OCH3 is 2. The van der Waals surface area contributed by atoms with E-state index in [4.69, 9.17) is 29.4 Å². The first kappa shape index (κ1) is 39.5. The lowest BCUT2D eigenvalue weighted by atomic mass is 9.84. The van der Waals surface area contributed by atoms with Crippen LogP contribution in [0.1, 0.15) is 99.3 Å². The van der Waals surface area contributed by atoms with Crippen LogP contribution in [-0.4, -0.2) is 74.1 Å². The Morgan fingerprint density at radius 1 is 0.953 bits per heavy atom. The van der Waals surface area contributed by atoms with Crippen LogP contribution in [0.2, 0.25) is 0 Å². The van der Waals surface area contributed by atoms with Gasteiger partial charge in [0.1, 0.15) is 12.9 Å². The molecule has 9 heteroatoms. The third-order valence-corrected chi connectivity index (χ3v) is 8.98. The van der Waals surface area contributed by atoms with Gasteiger partial charge in [-0.15, -0.1) is 0 Å². The normalized spacial score (nSPS) is 27.2. The van der Waals surface area contributed by atoms with E-state index in [9.17, 15) is 15.0 Å². The van der Waals surface area contributed by atoms with E-state index >= 15 is 0 Å². The van der Waals surface area contributed by atoms with Crippen LogP contribution in [-0.2, 0) is 23.7 Å². The number of nitrogens with two attached hydrogens (primary N) is 1. The summed E-state index contributed by atoms with van der Waals surface area (Å²) in [7, 11) is 3.29. The van der Waals surface area contributed by atoms with Gasteiger partial charge in [0.2, 0.25) is 0 Å². The molecule has 1 saturated heterocycles. The maximum atomic E-state index is 11.4. The number of carbonyl (C=O) groups excluding carboxylic acids is 1. The van der Waals surface area contributed by atoms with E-state index in [0.29, 0.717) is 19.3 Å². The summed E-state index contributed by atoms with van der Waals surface area (Å²) in [4.78, 5) is 11.4. The molecule has 0 aromatic rings. The number of ether oxygens (including phenoxy) is 5. The standard InChI is InChI=1S/C34H63NO8/c1-9-10-11-12-20-29(43-34(35)38)25(4)28(36)19-15-13-17-23(2)31(37)24(3)18-14-16-21-30-26(5)32(41-22-39-7)27(6)33(40-8)42-30/h13-14,17-18,23-33,36-37H,9-12,15-16,19-22H2,1-8H3,(H2,35,38)/b17-13-,18-14-/t23-,24-,25-,26+,27+,28+,29-,30-,31+,32-,33+/m0/s1. The van der Waals surface area contributed by atoms with Gasteiger partial charge in [0.25, 0.3) is 0 Å². The number of hydrogen-bond donors (Lipinski definition) is 3. The number of rotatable bonds is 22. The van der Waals surface area contributed by atoms with Gasteiger partial charge in [-0.05, 0) is 38.5 Å². The second-order valence-corrected chi connectivity index (χ2v) is 12.5. The maximum Gasteiger partial charge on any atom is 0.404 e. The number of primary amides is 1. The van der Waals surface area contributed by atoms with Gasteiger partial charge in [-0.25, -0.2) is 4.79 Å². The number of aliphatic hydroxyl groups is 2. The summed E-state index contributed by atoms with van der Waals surface area (Å²) in [5.74, 6) is 0.0469. The Morgan fingerprint density at radius 2 is 1.60 bits per heavy atom. The van der Waals surface area contributed by atoms with E-state index in [1.165, 1.54) is 0 Å². The lowest BCUT2D eigenvalue weighted by Crippen LogP contribution is -2.50. The van der Waals surface area contributed by atoms with E-state index in [-0.39, 0.29) is 61.0 Å². The average Bonchev–Trinajstić information content (AvgIpc) is 2.98. The van der Waals surface area contributed by atoms with Crippen molar-refractivity contribution in [3.63, 3.8) is 0 Å². The van der Waals surface area contributed by atoms with Crippen molar-refractivity contribution in [2.75, 3.05) is 21.0 Å². The Labute approximate surface area is 261 Å². The maximum absolute atomic E-state index is 11.4. The number of hydrogen-bond acceptors (Lipinski definition) is 8. The molecule has 0 radical (unpaired) electrons. The molecule has 1 heterocycles. The minimum atomic E-state index is -0.794. The molecule has 0 aliphatic carbocycles. The van der Waals surface area contributed by atoms with E-state index in [1.54, 1.807) is 14.2 Å². The molecule has 0 spiro atoms. The molecular formula is C34H63NO8. The third-order valence-electron chi connectivity index (χ3n) is 8.98. The molecule has 0 bridgehead atoms. The summed E-state index contributed by atoms with van der Waals surface area (Å²) in [6.45, 7) is 12.6. The highest BCUT2D eigenvalue weighted by Gasteiger charge is 2.42. The molecule has 0 unspecified atom stereocenters. The minimum Gasteiger partial charge on any atom is -0.446 e. The molecule has 11 atom stereocenters. The molecule has 1 fully saturated rings. The fraction of sp³-hybridized carbons (Fsp3) is 0.853. The monoisotopic (exact) mass is 613 g/mol. The second kappa shape index (κ2) is 22.1. The second-order valence-electron chi connectivity index (χ2n) is 12.5. The lowest BCUT2D eigenvalue weighted by molar-refractivity contribution is -0.271. The van der Waals surface area contributed by atoms with Crippen molar-refractivity contribution < 1.29 is 38.7 Å². The topological polar surface area (TPSA) is 130 Å². The van der Waals surface area contributed by atoms with Gasteiger partial charge < -0.3 is 39.6 Å². The van der Waals surface area contributed by atoms with Crippen molar-refractivity contribution in [2.24, 2.45) is 35.3 Å². The number of allylic oxidation sites excluding steroid dienone is 2.